The minimum atomic E-state index is 0.581. The van der Waals surface area contributed by atoms with Crippen molar-refractivity contribution >= 4 is 22.5 Å². The van der Waals surface area contributed by atoms with Crippen molar-refractivity contribution < 1.29 is 4.74 Å². The van der Waals surface area contributed by atoms with Crippen LogP contribution in [0.2, 0.25) is 0 Å². The van der Waals surface area contributed by atoms with E-state index in [-0.39, 0.29) is 0 Å². The molecule has 1 N–H and O–H groups in total. The Balaban J connectivity index is 2.17. The predicted molar refractivity (Wildman–Crippen MR) is 68.5 cm³/mol. The maximum atomic E-state index is 5.08. The third-order valence-corrected chi connectivity index (χ3v) is 3.50. The Morgan fingerprint density at radius 1 is 1.24 bits per heavy atom. The van der Waals surface area contributed by atoms with E-state index in [1.807, 2.05) is 12.1 Å². The first-order valence-corrected chi connectivity index (χ1v) is 6.16. The molecule has 0 aliphatic carbocycles. The minimum Gasteiger partial charge on any atom is -0.481 e. The predicted octanol–water partition coefficient (Wildman–Crippen LogP) is 3.00. The molecule has 4 nitrogen and oxygen atoms in total. The van der Waals surface area contributed by atoms with Crippen LogP contribution in [-0.4, -0.2) is 22.1 Å². The average Bonchev–Trinajstić information content (AvgIpc) is 2.93. The summed E-state index contributed by atoms with van der Waals surface area (Å²) in [6.07, 6.45) is 0. The van der Waals surface area contributed by atoms with Crippen LogP contribution in [0, 0.1) is 6.92 Å². The number of thiophene rings is 1. The number of hydrogen-bond acceptors (Lipinski definition) is 4. The lowest BCUT2D eigenvalue weighted by molar-refractivity contribution is 0.399. The first kappa shape index (κ1) is 10.3. The average molecular weight is 245 g/mol. The Bertz CT molecular complexity index is 671. The number of aromatic amines is 1. The second kappa shape index (κ2) is 3.85. The summed E-state index contributed by atoms with van der Waals surface area (Å²) in [4.78, 5) is 12.0. The van der Waals surface area contributed by atoms with Crippen molar-refractivity contribution in [2.24, 2.45) is 0 Å². The minimum absolute atomic E-state index is 0.581. The molecule has 17 heavy (non-hydrogen) atoms. The third kappa shape index (κ3) is 1.68. The molecule has 86 valence electrons. The Morgan fingerprint density at radius 3 is 2.82 bits per heavy atom. The summed E-state index contributed by atoms with van der Waals surface area (Å²) in [5.74, 6) is 1.44. The molecule has 5 heteroatoms. The molecule has 3 rings (SSSR count). The fourth-order valence-electron chi connectivity index (χ4n) is 1.72. The molecule has 0 aliphatic rings. The Kier molecular flexibility index (Phi) is 2.33. The number of ether oxygens (including phenoxy) is 1. The maximum Gasteiger partial charge on any atom is 0.215 e. The highest BCUT2D eigenvalue weighted by molar-refractivity contribution is 7.08. The lowest BCUT2D eigenvalue weighted by Gasteiger charge is -1.95. The van der Waals surface area contributed by atoms with Crippen LogP contribution in [0.3, 0.4) is 0 Å². The van der Waals surface area contributed by atoms with Gasteiger partial charge >= 0.3 is 0 Å². The van der Waals surface area contributed by atoms with Crippen molar-refractivity contribution in [3.05, 3.63) is 28.5 Å². The second-order valence-corrected chi connectivity index (χ2v) is 4.52. The maximum absolute atomic E-state index is 5.08. The number of H-pyrrole nitrogens is 1. The van der Waals surface area contributed by atoms with Crippen molar-refractivity contribution in [1.29, 1.82) is 0 Å². The number of hydrogen-bond donors (Lipinski definition) is 1. The van der Waals surface area contributed by atoms with E-state index in [0.717, 1.165) is 16.9 Å². The summed E-state index contributed by atoms with van der Waals surface area (Å²) in [5, 5.41) is 4.20. The molecule has 0 amide bonds. The molecule has 0 saturated carbocycles. The van der Waals surface area contributed by atoms with Crippen LogP contribution in [0.5, 0.6) is 5.88 Å². The lowest BCUT2D eigenvalue weighted by atomic mass is 10.2. The van der Waals surface area contributed by atoms with Gasteiger partial charge in [0.1, 0.15) is 5.82 Å². The molecule has 0 saturated heterocycles. The summed E-state index contributed by atoms with van der Waals surface area (Å²) in [6.45, 7) is 2.08. The highest BCUT2D eigenvalue weighted by Crippen LogP contribution is 2.26. The van der Waals surface area contributed by atoms with Crippen LogP contribution in [-0.2, 0) is 0 Å². The molecular weight excluding hydrogens is 234 g/mol. The number of pyridine rings is 1. The van der Waals surface area contributed by atoms with Crippen molar-refractivity contribution in [3.63, 3.8) is 0 Å². The Morgan fingerprint density at radius 2 is 2.12 bits per heavy atom. The number of aryl methyl sites for hydroxylation is 1. The zero-order valence-corrected chi connectivity index (χ0v) is 10.3. The van der Waals surface area contributed by atoms with Gasteiger partial charge in [0, 0.05) is 17.0 Å². The number of imidazole rings is 1. The van der Waals surface area contributed by atoms with Gasteiger partial charge in [-0.25, -0.2) is 4.98 Å². The smallest absolute Gasteiger partial charge is 0.215 e. The first-order valence-electron chi connectivity index (χ1n) is 5.22. The molecule has 0 unspecified atom stereocenters. The second-order valence-electron chi connectivity index (χ2n) is 3.78. The number of fused-ring (bicyclic) bond motifs is 1. The van der Waals surface area contributed by atoms with E-state index in [0.29, 0.717) is 11.5 Å². The van der Waals surface area contributed by atoms with Crippen LogP contribution < -0.4 is 4.74 Å². The summed E-state index contributed by atoms with van der Waals surface area (Å²) in [5.41, 5.74) is 3.96. The summed E-state index contributed by atoms with van der Waals surface area (Å²) < 4.78 is 5.08. The van der Waals surface area contributed by atoms with E-state index in [2.05, 4.69) is 32.6 Å². The van der Waals surface area contributed by atoms with Crippen LogP contribution in [0.15, 0.2) is 22.9 Å². The zero-order chi connectivity index (χ0) is 11.8. The highest BCUT2D eigenvalue weighted by atomic mass is 32.1. The Hall–Kier alpha value is -1.88. The van der Waals surface area contributed by atoms with Gasteiger partial charge in [-0.05, 0) is 23.9 Å². The van der Waals surface area contributed by atoms with Crippen LogP contribution >= 0.6 is 11.3 Å². The molecule has 0 radical (unpaired) electrons. The molecule has 0 aromatic carbocycles. The van der Waals surface area contributed by atoms with Crippen LogP contribution in [0.25, 0.3) is 22.6 Å². The van der Waals surface area contributed by atoms with Gasteiger partial charge < -0.3 is 9.72 Å². The molecule has 0 bridgehead atoms. The topological polar surface area (TPSA) is 50.8 Å². The lowest BCUT2D eigenvalue weighted by Crippen LogP contribution is -1.86. The first-order chi connectivity index (χ1) is 8.28. The Labute approximate surface area is 102 Å². The summed E-state index contributed by atoms with van der Waals surface area (Å²) >= 11 is 1.67. The van der Waals surface area contributed by atoms with E-state index in [1.54, 1.807) is 18.4 Å². The van der Waals surface area contributed by atoms with E-state index < -0.39 is 0 Å². The largest absolute Gasteiger partial charge is 0.481 e. The quantitative estimate of drug-likeness (QED) is 0.755. The zero-order valence-electron chi connectivity index (χ0n) is 9.52. The van der Waals surface area contributed by atoms with Gasteiger partial charge in [0.15, 0.2) is 5.65 Å². The highest BCUT2D eigenvalue weighted by Gasteiger charge is 2.09. The van der Waals surface area contributed by atoms with Gasteiger partial charge in [0.2, 0.25) is 5.88 Å². The van der Waals surface area contributed by atoms with Gasteiger partial charge in [-0.2, -0.15) is 16.3 Å². The van der Waals surface area contributed by atoms with E-state index in [4.69, 9.17) is 4.74 Å². The number of rotatable bonds is 2. The molecule has 0 spiro atoms. The third-order valence-electron chi connectivity index (χ3n) is 2.64. The van der Waals surface area contributed by atoms with Crippen molar-refractivity contribution in [2.45, 2.75) is 6.92 Å². The summed E-state index contributed by atoms with van der Waals surface area (Å²) in [6, 6.07) is 3.75. The normalized spacial score (nSPS) is 10.9. The number of nitrogens with one attached hydrogen (secondary N) is 1. The monoisotopic (exact) mass is 245 g/mol. The molecule has 0 atom stereocenters. The van der Waals surface area contributed by atoms with Crippen molar-refractivity contribution in [3.8, 4) is 17.3 Å². The fourth-order valence-corrected chi connectivity index (χ4v) is 2.55. The van der Waals surface area contributed by atoms with E-state index in [9.17, 15) is 0 Å². The number of methoxy groups -OCH3 is 1. The molecule has 3 aromatic rings. The molecular formula is C12H11N3OS. The van der Waals surface area contributed by atoms with Crippen molar-refractivity contribution in [2.75, 3.05) is 7.11 Å². The summed E-state index contributed by atoms with van der Waals surface area (Å²) in [7, 11) is 1.60. The number of aromatic nitrogens is 3. The van der Waals surface area contributed by atoms with Gasteiger partial charge in [-0.1, -0.05) is 0 Å². The van der Waals surface area contributed by atoms with Gasteiger partial charge in [-0.15, -0.1) is 0 Å². The van der Waals surface area contributed by atoms with Crippen LogP contribution in [0.4, 0.5) is 0 Å². The van der Waals surface area contributed by atoms with Crippen LogP contribution in [0.1, 0.15) is 5.56 Å². The molecule has 0 fully saturated rings. The number of nitrogens with zero attached hydrogens (tertiary/aromatic N) is 2. The van der Waals surface area contributed by atoms with E-state index >= 15 is 0 Å². The molecule has 3 aromatic heterocycles. The standard InChI is InChI=1S/C12H11N3OS/c1-7-5-17-6-8(7)11-13-9-3-4-10(16-2)14-12(9)15-11/h3-6H,1-2H3,(H,13,14,15). The fraction of sp³-hybridized carbons (Fsp3) is 0.167. The SMILES string of the molecule is COc1ccc2[nH]c(-c3cscc3C)nc2n1. The van der Waals surface area contributed by atoms with Gasteiger partial charge in [0.05, 0.1) is 12.6 Å². The van der Waals surface area contributed by atoms with Crippen molar-refractivity contribution in [1.82, 2.24) is 15.0 Å². The van der Waals surface area contributed by atoms with Gasteiger partial charge in [0.25, 0.3) is 0 Å². The van der Waals surface area contributed by atoms with E-state index in [1.165, 1.54) is 5.56 Å². The molecule has 3 heterocycles. The molecule has 0 aliphatic heterocycles. The van der Waals surface area contributed by atoms with Gasteiger partial charge in [-0.3, -0.25) is 0 Å².